The number of benzene rings is 2. The smallest absolute Gasteiger partial charge is 0.256 e. The molecular formula is C24H21N3O3S2. The summed E-state index contributed by atoms with van der Waals surface area (Å²) in [7, 11) is -2.96. The lowest BCUT2D eigenvalue weighted by Gasteiger charge is -2.13. The number of amides is 1. The van der Waals surface area contributed by atoms with Gasteiger partial charge in [-0.3, -0.25) is 4.79 Å². The number of rotatable bonds is 5. The Hall–Kier alpha value is -3.10. The maximum Gasteiger partial charge on any atom is 0.256 e. The summed E-state index contributed by atoms with van der Waals surface area (Å²) < 4.78 is 25.5. The number of pyridine rings is 1. The fraction of sp³-hybridized carbons (Fsp3) is 0.167. The highest BCUT2D eigenvalue weighted by atomic mass is 32.2. The molecule has 3 heterocycles. The lowest BCUT2D eigenvalue weighted by molar-refractivity contribution is 0.102. The maximum absolute atomic E-state index is 13.0. The predicted molar refractivity (Wildman–Crippen MR) is 128 cm³/mol. The summed E-state index contributed by atoms with van der Waals surface area (Å²) in [6, 6.07) is 20.8. The molecule has 0 aliphatic carbocycles. The first-order valence-corrected chi connectivity index (χ1v) is 13.0. The summed E-state index contributed by atoms with van der Waals surface area (Å²) in [6.45, 7) is 0. The Labute approximate surface area is 190 Å². The van der Waals surface area contributed by atoms with Crippen LogP contribution in [0.2, 0.25) is 0 Å². The van der Waals surface area contributed by atoms with Crippen LogP contribution in [-0.2, 0) is 9.84 Å². The zero-order valence-corrected chi connectivity index (χ0v) is 18.8. The topological polar surface area (TPSA) is 80.5 Å². The molecule has 1 aliphatic heterocycles. The lowest BCUT2D eigenvalue weighted by atomic mass is 10.1. The molecule has 32 heavy (non-hydrogen) atoms. The van der Waals surface area contributed by atoms with E-state index in [1.165, 1.54) is 11.8 Å². The zero-order valence-electron chi connectivity index (χ0n) is 17.1. The van der Waals surface area contributed by atoms with E-state index >= 15 is 0 Å². The number of carbonyl (C=O) groups excluding carboxylic acids is 1. The molecule has 1 fully saturated rings. The van der Waals surface area contributed by atoms with Crippen molar-refractivity contribution in [2.75, 3.05) is 16.8 Å². The molecule has 1 unspecified atom stereocenters. The highest BCUT2D eigenvalue weighted by molar-refractivity contribution is 8.02. The minimum Gasteiger partial charge on any atom is -0.322 e. The van der Waals surface area contributed by atoms with Gasteiger partial charge in [0.05, 0.1) is 22.8 Å². The molecule has 5 rings (SSSR count). The van der Waals surface area contributed by atoms with Crippen LogP contribution in [0.4, 0.5) is 5.69 Å². The zero-order chi connectivity index (χ0) is 22.1. The van der Waals surface area contributed by atoms with Gasteiger partial charge in [-0.15, -0.1) is 11.8 Å². The van der Waals surface area contributed by atoms with E-state index in [1.807, 2.05) is 77.5 Å². The van der Waals surface area contributed by atoms with Gasteiger partial charge in [-0.2, -0.15) is 0 Å². The first-order valence-electron chi connectivity index (χ1n) is 10.3. The quantitative estimate of drug-likeness (QED) is 0.470. The first-order chi connectivity index (χ1) is 15.5. The van der Waals surface area contributed by atoms with E-state index in [9.17, 15) is 13.2 Å². The highest BCUT2D eigenvalue weighted by Crippen LogP contribution is 2.33. The second-order valence-electron chi connectivity index (χ2n) is 7.76. The van der Waals surface area contributed by atoms with Crippen molar-refractivity contribution in [3.05, 3.63) is 84.7 Å². The highest BCUT2D eigenvalue weighted by Gasteiger charge is 2.29. The van der Waals surface area contributed by atoms with E-state index in [4.69, 9.17) is 0 Å². The van der Waals surface area contributed by atoms with Gasteiger partial charge in [-0.05, 0) is 42.8 Å². The third-order valence-electron chi connectivity index (χ3n) is 5.42. The van der Waals surface area contributed by atoms with Gasteiger partial charge >= 0.3 is 0 Å². The molecule has 8 heteroatoms. The number of carbonyl (C=O) groups is 1. The van der Waals surface area contributed by atoms with Crippen molar-refractivity contribution in [3.8, 4) is 11.3 Å². The SMILES string of the molecule is O=C(Nc1ccc(-c2cn3ccccc3n2)cc1)c1ccccc1SC1CCS(=O)(=O)C1. The molecule has 4 aromatic rings. The number of anilines is 1. The fourth-order valence-electron chi connectivity index (χ4n) is 3.79. The number of aromatic nitrogens is 2. The molecule has 1 N–H and O–H groups in total. The van der Waals surface area contributed by atoms with E-state index in [0.717, 1.165) is 21.8 Å². The number of hydrogen-bond acceptors (Lipinski definition) is 5. The van der Waals surface area contributed by atoms with Gasteiger partial charge in [0.15, 0.2) is 9.84 Å². The summed E-state index contributed by atoms with van der Waals surface area (Å²) in [5.41, 5.74) is 3.94. The maximum atomic E-state index is 13.0. The van der Waals surface area contributed by atoms with Crippen molar-refractivity contribution < 1.29 is 13.2 Å². The second kappa shape index (κ2) is 8.44. The van der Waals surface area contributed by atoms with Crippen molar-refractivity contribution in [3.63, 3.8) is 0 Å². The minimum atomic E-state index is -2.96. The van der Waals surface area contributed by atoms with Crippen LogP contribution >= 0.6 is 11.8 Å². The summed E-state index contributed by atoms with van der Waals surface area (Å²) in [6.07, 6.45) is 4.55. The molecule has 1 aliphatic rings. The fourth-order valence-corrected chi connectivity index (χ4v) is 7.41. The molecule has 1 atom stereocenters. The standard InChI is InChI=1S/C24H21N3O3S2/c28-24(20-5-1-2-6-22(20)31-19-12-14-32(29,30)16-19)25-18-10-8-17(9-11-18)21-15-27-13-4-3-7-23(27)26-21/h1-11,13,15,19H,12,14,16H2,(H,25,28). The van der Waals surface area contributed by atoms with Gasteiger partial charge in [0.25, 0.3) is 5.91 Å². The molecule has 2 aromatic carbocycles. The molecule has 1 saturated heterocycles. The Morgan fingerprint density at radius 2 is 1.81 bits per heavy atom. The Balaban J connectivity index is 1.31. The second-order valence-corrected chi connectivity index (χ2v) is 11.3. The van der Waals surface area contributed by atoms with Crippen LogP contribution in [-0.4, -0.2) is 40.5 Å². The van der Waals surface area contributed by atoms with E-state index < -0.39 is 9.84 Å². The third kappa shape index (κ3) is 4.42. The Kier molecular flexibility index (Phi) is 5.48. The monoisotopic (exact) mass is 463 g/mol. The van der Waals surface area contributed by atoms with Crippen molar-refractivity contribution >= 4 is 38.8 Å². The number of nitrogens with zero attached hydrogens (tertiary/aromatic N) is 2. The average Bonchev–Trinajstić information content (AvgIpc) is 3.37. The number of hydrogen-bond donors (Lipinski definition) is 1. The number of sulfone groups is 1. The average molecular weight is 464 g/mol. The van der Waals surface area contributed by atoms with Crippen LogP contribution in [0.5, 0.6) is 0 Å². The minimum absolute atomic E-state index is 0.0151. The van der Waals surface area contributed by atoms with Crippen molar-refractivity contribution in [1.82, 2.24) is 9.38 Å². The van der Waals surface area contributed by atoms with Gasteiger partial charge in [-0.1, -0.05) is 30.3 Å². The van der Waals surface area contributed by atoms with Gasteiger partial charge in [0.2, 0.25) is 0 Å². The van der Waals surface area contributed by atoms with E-state index in [-0.39, 0.29) is 22.7 Å². The summed E-state index contributed by atoms with van der Waals surface area (Å²) in [4.78, 5) is 18.4. The van der Waals surface area contributed by atoms with Gasteiger partial charge in [-0.25, -0.2) is 13.4 Å². The number of thioether (sulfide) groups is 1. The molecule has 6 nitrogen and oxygen atoms in total. The number of fused-ring (bicyclic) bond motifs is 1. The molecule has 1 amide bonds. The Morgan fingerprint density at radius 3 is 2.56 bits per heavy atom. The molecule has 0 spiro atoms. The lowest BCUT2D eigenvalue weighted by Crippen LogP contribution is -2.14. The Morgan fingerprint density at radius 1 is 1.03 bits per heavy atom. The van der Waals surface area contributed by atoms with Crippen molar-refractivity contribution in [2.24, 2.45) is 0 Å². The van der Waals surface area contributed by atoms with E-state index in [0.29, 0.717) is 17.7 Å². The van der Waals surface area contributed by atoms with Gasteiger partial charge < -0.3 is 9.72 Å². The molecule has 0 saturated carbocycles. The number of imidazole rings is 1. The van der Waals surface area contributed by atoms with Crippen LogP contribution in [0, 0.1) is 0 Å². The molecule has 2 aromatic heterocycles. The van der Waals surface area contributed by atoms with Crippen LogP contribution in [0.25, 0.3) is 16.9 Å². The number of nitrogens with one attached hydrogen (secondary N) is 1. The molecule has 0 radical (unpaired) electrons. The summed E-state index contributed by atoms with van der Waals surface area (Å²) >= 11 is 1.47. The van der Waals surface area contributed by atoms with Crippen molar-refractivity contribution in [1.29, 1.82) is 0 Å². The first kappa shape index (κ1) is 20.8. The largest absolute Gasteiger partial charge is 0.322 e. The molecule has 162 valence electrons. The molecular weight excluding hydrogens is 442 g/mol. The summed E-state index contributed by atoms with van der Waals surface area (Å²) in [5.74, 6) is 0.171. The molecule has 0 bridgehead atoms. The van der Waals surface area contributed by atoms with Crippen LogP contribution in [0.1, 0.15) is 16.8 Å². The van der Waals surface area contributed by atoms with Crippen LogP contribution in [0.3, 0.4) is 0 Å². The van der Waals surface area contributed by atoms with Crippen LogP contribution in [0.15, 0.2) is 84.0 Å². The van der Waals surface area contributed by atoms with Gasteiger partial charge in [0.1, 0.15) is 5.65 Å². The van der Waals surface area contributed by atoms with E-state index in [1.54, 1.807) is 6.07 Å². The summed E-state index contributed by atoms with van der Waals surface area (Å²) in [5, 5.41) is 2.93. The normalized spacial score (nSPS) is 17.4. The Bertz CT molecular complexity index is 1360. The predicted octanol–water partition coefficient (Wildman–Crippen LogP) is 4.53. The van der Waals surface area contributed by atoms with E-state index in [2.05, 4.69) is 10.3 Å². The van der Waals surface area contributed by atoms with Crippen LogP contribution < -0.4 is 5.32 Å². The van der Waals surface area contributed by atoms with Gasteiger partial charge in [0, 0.05) is 33.8 Å². The third-order valence-corrected chi connectivity index (χ3v) is 8.74. The van der Waals surface area contributed by atoms with Crippen molar-refractivity contribution in [2.45, 2.75) is 16.6 Å².